The van der Waals surface area contributed by atoms with E-state index < -0.39 is 0 Å². The van der Waals surface area contributed by atoms with Crippen LogP contribution in [0.15, 0.2) is 53.0 Å². The minimum absolute atomic E-state index is 0.0219. The van der Waals surface area contributed by atoms with E-state index in [1.165, 1.54) is 18.0 Å². The lowest BCUT2D eigenvalue weighted by molar-refractivity contribution is -0.132. The van der Waals surface area contributed by atoms with Gasteiger partial charge in [-0.1, -0.05) is 12.1 Å². The zero-order chi connectivity index (χ0) is 20.3. The second-order valence-corrected chi connectivity index (χ2v) is 8.14. The molecular weight excluding hydrogens is 373 g/mol. The van der Waals surface area contributed by atoms with Crippen molar-refractivity contribution < 1.29 is 18.3 Å². The number of benzene rings is 1. The molecule has 154 valence electrons. The maximum atomic E-state index is 12.8. The van der Waals surface area contributed by atoms with Gasteiger partial charge in [0.05, 0.1) is 12.5 Å². The lowest BCUT2D eigenvalue weighted by Crippen LogP contribution is -2.49. The molecule has 5 rings (SSSR count). The predicted molar refractivity (Wildman–Crippen MR) is 107 cm³/mol. The maximum Gasteiger partial charge on any atom is 0.301 e. The van der Waals surface area contributed by atoms with Crippen LogP contribution < -0.4 is 15.8 Å². The van der Waals surface area contributed by atoms with E-state index in [-0.39, 0.29) is 35.9 Å². The highest BCUT2D eigenvalue weighted by Crippen LogP contribution is 2.58. The number of amides is 1. The van der Waals surface area contributed by atoms with Gasteiger partial charge in [0.1, 0.15) is 18.6 Å². The van der Waals surface area contributed by atoms with Gasteiger partial charge in [-0.3, -0.25) is 10.1 Å². The fourth-order valence-corrected chi connectivity index (χ4v) is 4.69. The summed E-state index contributed by atoms with van der Waals surface area (Å²) in [6.45, 7) is 0.294. The molecule has 0 atom stereocenters. The van der Waals surface area contributed by atoms with Crippen molar-refractivity contribution in [3.63, 3.8) is 0 Å². The number of halogens is 1. The van der Waals surface area contributed by atoms with Gasteiger partial charge >= 0.3 is 6.01 Å². The molecule has 2 bridgehead atoms. The number of fused-ring (bicyclic) bond motifs is 3. The smallest absolute Gasteiger partial charge is 0.301 e. The molecular formula is C22H26FN3O3. The number of carbonyl (C=O) groups is 1. The molecule has 3 aliphatic carbocycles. The monoisotopic (exact) mass is 399 g/mol. The van der Waals surface area contributed by atoms with Crippen molar-refractivity contribution >= 4 is 11.9 Å². The molecule has 2 aromatic rings. The van der Waals surface area contributed by atoms with Crippen molar-refractivity contribution in [3.8, 4) is 5.75 Å². The summed E-state index contributed by atoms with van der Waals surface area (Å²) < 4.78 is 23.4. The topological polar surface area (TPSA) is 90.4 Å². The predicted octanol–water partition coefficient (Wildman–Crippen LogP) is 4.10. The number of rotatable bonds is 7. The van der Waals surface area contributed by atoms with Crippen LogP contribution in [0.1, 0.15) is 44.1 Å². The number of nitrogens with zero attached hydrogens (tertiary/aromatic N) is 1. The summed E-state index contributed by atoms with van der Waals surface area (Å²) in [5.41, 5.74) is 6.95. The van der Waals surface area contributed by atoms with E-state index in [1.54, 1.807) is 0 Å². The van der Waals surface area contributed by atoms with Crippen molar-refractivity contribution in [2.24, 2.45) is 11.1 Å². The highest BCUT2D eigenvalue weighted by atomic mass is 19.1. The first kappa shape index (κ1) is 19.6. The van der Waals surface area contributed by atoms with Gasteiger partial charge in [0.15, 0.2) is 0 Å². The molecule has 0 unspecified atom stereocenters. The van der Waals surface area contributed by atoms with Gasteiger partial charge in [-0.25, -0.2) is 9.37 Å². The average Bonchev–Trinajstić information content (AvgIpc) is 3.29. The van der Waals surface area contributed by atoms with Gasteiger partial charge in [-0.15, -0.1) is 0 Å². The van der Waals surface area contributed by atoms with Gasteiger partial charge in [0.25, 0.3) is 0 Å². The van der Waals surface area contributed by atoms with Crippen LogP contribution in [0, 0.1) is 5.41 Å². The van der Waals surface area contributed by atoms with Crippen molar-refractivity contribution in [1.82, 2.24) is 4.98 Å². The number of ether oxygens (including phenoxy) is 1. The zero-order valence-electron chi connectivity index (χ0n) is 16.3. The molecule has 0 radical (unpaired) electrons. The van der Waals surface area contributed by atoms with Gasteiger partial charge < -0.3 is 14.9 Å². The van der Waals surface area contributed by atoms with Crippen LogP contribution in [0.2, 0.25) is 0 Å². The van der Waals surface area contributed by atoms with Crippen LogP contribution >= 0.6 is 0 Å². The Labute approximate surface area is 169 Å². The third-order valence-electron chi connectivity index (χ3n) is 6.69. The minimum Gasteiger partial charge on any atom is -0.489 e. The van der Waals surface area contributed by atoms with Crippen molar-refractivity contribution in [2.45, 2.75) is 43.9 Å². The van der Waals surface area contributed by atoms with E-state index in [4.69, 9.17) is 14.9 Å². The summed E-state index contributed by atoms with van der Waals surface area (Å²) in [7, 11) is 0. The molecule has 1 heterocycles. The van der Waals surface area contributed by atoms with Crippen LogP contribution in [0.5, 0.6) is 5.75 Å². The van der Waals surface area contributed by atoms with Gasteiger partial charge in [0, 0.05) is 17.5 Å². The first-order chi connectivity index (χ1) is 14.1. The molecule has 1 amide bonds. The normalized spacial score (nSPS) is 26.3. The maximum absolute atomic E-state index is 12.8. The summed E-state index contributed by atoms with van der Waals surface area (Å²) in [5, 5.41) is 2.83. The molecule has 0 spiro atoms. The molecule has 0 aliphatic heterocycles. The Balaban J connectivity index is 1.40. The quantitative estimate of drug-likeness (QED) is 0.732. The lowest BCUT2D eigenvalue weighted by atomic mass is 9.51. The third kappa shape index (κ3) is 3.79. The summed E-state index contributed by atoms with van der Waals surface area (Å²) in [4.78, 5) is 16.8. The Hall–Kier alpha value is -2.67. The molecule has 7 heteroatoms. The van der Waals surface area contributed by atoms with Crippen molar-refractivity contribution in [2.75, 3.05) is 18.5 Å². The van der Waals surface area contributed by atoms with Crippen LogP contribution in [0.4, 0.5) is 10.4 Å². The van der Waals surface area contributed by atoms with E-state index in [0.29, 0.717) is 17.7 Å². The average molecular weight is 399 g/mol. The Morgan fingerprint density at radius 3 is 2.45 bits per heavy atom. The zero-order valence-corrected chi connectivity index (χ0v) is 16.3. The number of hydrogen-bond acceptors (Lipinski definition) is 5. The van der Waals surface area contributed by atoms with Gasteiger partial charge in [0.2, 0.25) is 5.91 Å². The van der Waals surface area contributed by atoms with Gasteiger partial charge in [-0.2, -0.15) is 0 Å². The van der Waals surface area contributed by atoms with Crippen LogP contribution in [-0.4, -0.2) is 24.0 Å². The van der Waals surface area contributed by atoms with Crippen molar-refractivity contribution in [3.05, 3.63) is 54.2 Å². The second kappa shape index (κ2) is 7.99. The standard InChI is InChI=1S/C22H26FN3O3/c23-13-16(14-24)15-29-18-3-1-17(2-4-18)21-5-8-22(9-6-21,10-7-21)19(27)26-20-25-11-12-28-20/h1-4,11-13H,5-10,14-15,24H2,(H,25,26,27). The SMILES string of the molecule is NCC(=CF)COc1ccc(C23CCC(C(=O)Nc4ncco4)(CC2)CC3)cc1. The second-order valence-electron chi connectivity index (χ2n) is 8.14. The lowest BCUT2D eigenvalue weighted by Gasteiger charge is -2.52. The molecule has 3 aliphatic rings. The Morgan fingerprint density at radius 2 is 1.90 bits per heavy atom. The summed E-state index contributed by atoms with van der Waals surface area (Å²) in [5.74, 6) is 0.720. The van der Waals surface area contributed by atoms with E-state index in [1.807, 2.05) is 12.1 Å². The van der Waals surface area contributed by atoms with Crippen LogP contribution in [0.3, 0.4) is 0 Å². The molecule has 3 N–H and O–H groups in total. The number of carbonyl (C=O) groups excluding carboxylic acids is 1. The Kier molecular flexibility index (Phi) is 5.41. The van der Waals surface area contributed by atoms with E-state index >= 15 is 0 Å². The highest BCUT2D eigenvalue weighted by molar-refractivity contribution is 5.94. The van der Waals surface area contributed by atoms with Crippen LogP contribution in [-0.2, 0) is 10.2 Å². The molecule has 1 aromatic heterocycles. The first-order valence-electron chi connectivity index (χ1n) is 10.0. The molecule has 1 aromatic carbocycles. The van der Waals surface area contributed by atoms with E-state index in [0.717, 1.165) is 38.5 Å². The number of oxazole rings is 1. The van der Waals surface area contributed by atoms with Crippen molar-refractivity contribution in [1.29, 1.82) is 0 Å². The molecule has 6 nitrogen and oxygen atoms in total. The third-order valence-corrected chi connectivity index (χ3v) is 6.69. The summed E-state index contributed by atoms with van der Waals surface area (Å²) in [6, 6.07) is 8.33. The van der Waals surface area contributed by atoms with E-state index in [9.17, 15) is 9.18 Å². The fourth-order valence-electron chi connectivity index (χ4n) is 4.69. The number of nitrogens with one attached hydrogen (secondary N) is 1. The number of aromatic nitrogens is 1. The Morgan fingerprint density at radius 1 is 1.21 bits per heavy atom. The van der Waals surface area contributed by atoms with E-state index in [2.05, 4.69) is 22.4 Å². The van der Waals surface area contributed by atoms with Crippen LogP contribution in [0.25, 0.3) is 0 Å². The molecule has 0 saturated heterocycles. The molecule has 29 heavy (non-hydrogen) atoms. The first-order valence-corrected chi connectivity index (χ1v) is 10.0. The number of anilines is 1. The molecule has 3 fully saturated rings. The number of hydrogen-bond donors (Lipinski definition) is 2. The fraction of sp³-hybridized carbons (Fsp3) is 0.455. The minimum atomic E-state index is -0.323. The summed E-state index contributed by atoms with van der Waals surface area (Å²) in [6.07, 6.45) is 9.01. The number of nitrogens with two attached hydrogens (primary N) is 1. The molecule has 3 saturated carbocycles. The summed E-state index contributed by atoms with van der Waals surface area (Å²) >= 11 is 0. The Bertz CT molecular complexity index is 853. The highest BCUT2D eigenvalue weighted by Gasteiger charge is 2.53. The van der Waals surface area contributed by atoms with Gasteiger partial charge in [-0.05, 0) is 61.6 Å². The largest absolute Gasteiger partial charge is 0.489 e.